The topological polar surface area (TPSA) is 69.4 Å². The summed E-state index contributed by atoms with van der Waals surface area (Å²) in [5.41, 5.74) is 1.69. The van der Waals surface area contributed by atoms with Gasteiger partial charge in [0, 0.05) is 7.11 Å². The minimum atomic E-state index is -3.43. The first-order chi connectivity index (χ1) is 6.51. The number of sulfonamides is 1. The molecule has 1 aromatic rings. The lowest BCUT2D eigenvalue weighted by Crippen LogP contribution is -2.14. The second-order valence-electron chi connectivity index (χ2n) is 3.06. The fourth-order valence-electron chi connectivity index (χ4n) is 1.13. The summed E-state index contributed by atoms with van der Waals surface area (Å²) in [4.78, 5) is 0. The standard InChI is InChI=1S/C9H13NO3S/c1-13-6-8-2-4-9(5-3-8)7-14(10,11)12/h2-5H,6-7H2,1H3,(H2,10,11,12). The summed E-state index contributed by atoms with van der Waals surface area (Å²) in [7, 11) is -1.82. The van der Waals surface area contributed by atoms with E-state index in [4.69, 9.17) is 9.88 Å². The van der Waals surface area contributed by atoms with E-state index in [1.807, 2.05) is 12.1 Å². The molecular weight excluding hydrogens is 202 g/mol. The summed E-state index contributed by atoms with van der Waals surface area (Å²) in [6.07, 6.45) is 0. The van der Waals surface area contributed by atoms with Gasteiger partial charge >= 0.3 is 0 Å². The third-order valence-corrected chi connectivity index (χ3v) is 2.44. The van der Waals surface area contributed by atoms with Crippen molar-refractivity contribution < 1.29 is 13.2 Å². The summed E-state index contributed by atoms with van der Waals surface area (Å²) >= 11 is 0. The van der Waals surface area contributed by atoms with Crippen molar-refractivity contribution in [3.63, 3.8) is 0 Å². The van der Waals surface area contributed by atoms with Crippen molar-refractivity contribution >= 4 is 10.0 Å². The minimum Gasteiger partial charge on any atom is -0.380 e. The van der Waals surface area contributed by atoms with Gasteiger partial charge in [-0.25, -0.2) is 13.6 Å². The fourth-order valence-corrected chi connectivity index (χ4v) is 1.79. The molecule has 0 saturated carbocycles. The van der Waals surface area contributed by atoms with Crippen LogP contribution < -0.4 is 5.14 Å². The van der Waals surface area contributed by atoms with Gasteiger partial charge in [0.1, 0.15) is 0 Å². The molecule has 0 bridgehead atoms. The van der Waals surface area contributed by atoms with Crippen LogP contribution >= 0.6 is 0 Å². The lowest BCUT2D eigenvalue weighted by molar-refractivity contribution is 0.185. The van der Waals surface area contributed by atoms with Gasteiger partial charge < -0.3 is 4.74 Å². The van der Waals surface area contributed by atoms with Gasteiger partial charge in [0.25, 0.3) is 0 Å². The van der Waals surface area contributed by atoms with Crippen molar-refractivity contribution in [1.29, 1.82) is 0 Å². The van der Waals surface area contributed by atoms with E-state index in [1.54, 1.807) is 19.2 Å². The molecule has 0 radical (unpaired) electrons. The molecule has 0 aliphatic rings. The predicted octanol–water partition coefficient (Wildman–Crippen LogP) is 0.622. The maximum Gasteiger partial charge on any atom is 0.213 e. The molecule has 0 aromatic heterocycles. The van der Waals surface area contributed by atoms with E-state index < -0.39 is 10.0 Å². The van der Waals surface area contributed by atoms with Gasteiger partial charge in [-0.3, -0.25) is 0 Å². The zero-order valence-corrected chi connectivity index (χ0v) is 8.75. The molecule has 14 heavy (non-hydrogen) atoms. The van der Waals surface area contributed by atoms with E-state index in [-0.39, 0.29) is 5.75 Å². The number of ether oxygens (including phenoxy) is 1. The molecule has 0 aliphatic carbocycles. The molecular formula is C9H13NO3S. The van der Waals surface area contributed by atoms with Gasteiger partial charge in [0.15, 0.2) is 0 Å². The Labute approximate surface area is 83.7 Å². The Kier molecular flexibility index (Phi) is 3.62. The van der Waals surface area contributed by atoms with Crippen LogP contribution in [-0.4, -0.2) is 15.5 Å². The first-order valence-electron chi connectivity index (χ1n) is 4.08. The molecule has 0 amide bonds. The number of rotatable bonds is 4. The lowest BCUT2D eigenvalue weighted by atomic mass is 10.2. The molecule has 0 heterocycles. The monoisotopic (exact) mass is 215 g/mol. The molecule has 0 aliphatic heterocycles. The van der Waals surface area contributed by atoms with E-state index in [1.165, 1.54) is 0 Å². The molecule has 0 unspecified atom stereocenters. The molecule has 0 atom stereocenters. The number of nitrogens with two attached hydrogens (primary N) is 1. The van der Waals surface area contributed by atoms with E-state index in [9.17, 15) is 8.42 Å². The Morgan fingerprint density at radius 1 is 1.21 bits per heavy atom. The Balaban J connectivity index is 2.74. The van der Waals surface area contributed by atoms with Gasteiger partial charge in [-0.1, -0.05) is 24.3 Å². The molecule has 5 heteroatoms. The molecule has 1 aromatic carbocycles. The first-order valence-corrected chi connectivity index (χ1v) is 5.80. The lowest BCUT2D eigenvalue weighted by Gasteiger charge is -2.02. The quantitative estimate of drug-likeness (QED) is 0.800. The van der Waals surface area contributed by atoms with Gasteiger partial charge in [-0.15, -0.1) is 0 Å². The Morgan fingerprint density at radius 3 is 2.14 bits per heavy atom. The van der Waals surface area contributed by atoms with Crippen molar-refractivity contribution in [3.8, 4) is 0 Å². The molecule has 0 saturated heterocycles. The van der Waals surface area contributed by atoms with Crippen LogP contribution in [0.3, 0.4) is 0 Å². The van der Waals surface area contributed by atoms with Crippen molar-refractivity contribution in [2.24, 2.45) is 5.14 Å². The Bertz CT molecular complexity index is 383. The SMILES string of the molecule is COCc1ccc(CS(N)(=O)=O)cc1. The maximum atomic E-state index is 10.8. The number of hydrogen-bond donors (Lipinski definition) is 1. The summed E-state index contributed by atoms with van der Waals surface area (Å²) < 4.78 is 26.5. The average Bonchev–Trinajstić information content (AvgIpc) is 2.06. The van der Waals surface area contributed by atoms with Crippen molar-refractivity contribution in [2.75, 3.05) is 7.11 Å². The van der Waals surface area contributed by atoms with Crippen LogP contribution in [0.2, 0.25) is 0 Å². The number of hydrogen-bond acceptors (Lipinski definition) is 3. The van der Waals surface area contributed by atoms with E-state index in [0.717, 1.165) is 5.56 Å². The molecule has 2 N–H and O–H groups in total. The number of methoxy groups -OCH3 is 1. The number of primary sulfonamides is 1. The van der Waals surface area contributed by atoms with Crippen LogP contribution in [0.1, 0.15) is 11.1 Å². The third kappa shape index (κ3) is 3.87. The van der Waals surface area contributed by atoms with Crippen molar-refractivity contribution in [3.05, 3.63) is 35.4 Å². The predicted molar refractivity (Wildman–Crippen MR) is 54.0 cm³/mol. The Morgan fingerprint density at radius 2 is 1.71 bits per heavy atom. The van der Waals surface area contributed by atoms with Gasteiger partial charge in [-0.2, -0.15) is 0 Å². The van der Waals surface area contributed by atoms with Crippen LogP contribution in [-0.2, 0) is 27.1 Å². The van der Waals surface area contributed by atoms with Crippen LogP contribution in [0.4, 0.5) is 0 Å². The maximum absolute atomic E-state index is 10.8. The summed E-state index contributed by atoms with van der Waals surface area (Å²) in [5, 5.41) is 4.91. The highest BCUT2D eigenvalue weighted by Crippen LogP contribution is 2.07. The zero-order chi connectivity index (χ0) is 10.6. The van der Waals surface area contributed by atoms with Gasteiger partial charge in [-0.05, 0) is 11.1 Å². The smallest absolute Gasteiger partial charge is 0.213 e. The third-order valence-electron chi connectivity index (χ3n) is 1.70. The first kappa shape index (κ1) is 11.2. The highest BCUT2D eigenvalue weighted by Gasteiger charge is 2.04. The van der Waals surface area contributed by atoms with E-state index in [2.05, 4.69) is 0 Å². The molecule has 0 spiro atoms. The fraction of sp³-hybridized carbons (Fsp3) is 0.333. The normalized spacial score (nSPS) is 11.6. The average molecular weight is 215 g/mol. The van der Waals surface area contributed by atoms with Crippen molar-refractivity contribution in [2.45, 2.75) is 12.4 Å². The van der Waals surface area contributed by atoms with Crippen molar-refractivity contribution in [1.82, 2.24) is 0 Å². The molecule has 4 nitrogen and oxygen atoms in total. The largest absolute Gasteiger partial charge is 0.380 e. The highest BCUT2D eigenvalue weighted by atomic mass is 32.2. The van der Waals surface area contributed by atoms with Gasteiger partial charge in [0.2, 0.25) is 10.0 Å². The van der Waals surface area contributed by atoms with Crippen LogP contribution in [0.5, 0.6) is 0 Å². The minimum absolute atomic E-state index is 0.125. The van der Waals surface area contributed by atoms with Crippen LogP contribution in [0.25, 0.3) is 0 Å². The summed E-state index contributed by atoms with van der Waals surface area (Å²) in [5.74, 6) is -0.125. The van der Waals surface area contributed by atoms with Crippen LogP contribution in [0.15, 0.2) is 24.3 Å². The second-order valence-corrected chi connectivity index (χ2v) is 4.67. The molecule has 1 rings (SSSR count). The van der Waals surface area contributed by atoms with Gasteiger partial charge in [0.05, 0.1) is 12.4 Å². The molecule has 0 fully saturated rings. The summed E-state index contributed by atoms with van der Waals surface area (Å²) in [6, 6.07) is 7.12. The molecule has 78 valence electrons. The van der Waals surface area contributed by atoms with Crippen LogP contribution in [0, 0.1) is 0 Å². The van der Waals surface area contributed by atoms with E-state index in [0.29, 0.717) is 12.2 Å². The highest BCUT2D eigenvalue weighted by molar-refractivity contribution is 7.88. The second kappa shape index (κ2) is 4.54. The summed E-state index contributed by atoms with van der Waals surface area (Å²) in [6.45, 7) is 0.523. The van der Waals surface area contributed by atoms with E-state index >= 15 is 0 Å². The number of benzene rings is 1. The Hall–Kier alpha value is -0.910. The zero-order valence-electron chi connectivity index (χ0n) is 7.93.